The first-order valence-electron chi connectivity index (χ1n) is 32.5. The molecule has 85 heavy (non-hydrogen) atoms. The molecule has 476 valence electrons. The monoisotopic (exact) mass is 1180 g/mol. The molecule has 0 amide bonds. The molecule has 12 heteroatoms. The van der Waals surface area contributed by atoms with Gasteiger partial charge >= 0.3 is 23.9 Å². The van der Waals surface area contributed by atoms with Crippen molar-refractivity contribution in [2.45, 2.75) is 263 Å². The molecule has 1 rings (SSSR count). The summed E-state index contributed by atoms with van der Waals surface area (Å²) < 4.78 is 28.4. The number of carbonyl (C=O) groups is 4. The van der Waals surface area contributed by atoms with E-state index in [-0.39, 0.29) is 25.9 Å². The number of unbranched alkanes of at least 4 members (excludes halogenated alkanes) is 13. The molecule has 6 atom stereocenters. The summed E-state index contributed by atoms with van der Waals surface area (Å²) in [5.74, 6) is -3.28. The largest absolute Gasteiger partial charge is 0.479 e. The van der Waals surface area contributed by atoms with Crippen LogP contribution in [-0.2, 0) is 42.9 Å². The average molecular weight is 1180 g/mol. The fourth-order valence-electron chi connectivity index (χ4n) is 8.67. The molecular weight excluding hydrogens is 1070 g/mol. The molecule has 0 aromatic heterocycles. The van der Waals surface area contributed by atoms with Crippen molar-refractivity contribution in [3.8, 4) is 0 Å². The zero-order valence-corrected chi connectivity index (χ0v) is 52.5. The van der Waals surface area contributed by atoms with Crippen molar-refractivity contribution in [1.82, 2.24) is 0 Å². The van der Waals surface area contributed by atoms with Crippen molar-refractivity contribution in [3.63, 3.8) is 0 Å². The highest BCUT2D eigenvalue weighted by Crippen LogP contribution is 2.26. The molecule has 0 saturated carbocycles. The van der Waals surface area contributed by atoms with Crippen molar-refractivity contribution in [3.05, 3.63) is 158 Å². The van der Waals surface area contributed by atoms with Crippen molar-refractivity contribution in [2.75, 3.05) is 13.2 Å². The van der Waals surface area contributed by atoms with Crippen LogP contribution in [0.3, 0.4) is 0 Å². The van der Waals surface area contributed by atoms with Crippen LogP contribution in [0.2, 0.25) is 0 Å². The third kappa shape index (κ3) is 48.2. The quantitative estimate of drug-likeness (QED) is 0.0228. The van der Waals surface area contributed by atoms with Gasteiger partial charge in [0.2, 0.25) is 0 Å². The molecule has 3 N–H and O–H groups in total. The first-order valence-corrected chi connectivity index (χ1v) is 32.5. The zero-order valence-electron chi connectivity index (χ0n) is 52.5. The number of esters is 3. The summed E-state index contributed by atoms with van der Waals surface area (Å²) >= 11 is 0. The molecule has 1 heterocycles. The molecule has 0 aliphatic carbocycles. The average Bonchev–Trinajstić information content (AvgIpc) is 2.79. The number of ether oxygens (including phenoxy) is 5. The van der Waals surface area contributed by atoms with Crippen molar-refractivity contribution < 1.29 is 58.2 Å². The lowest BCUT2D eigenvalue weighted by Gasteiger charge is -2.40. The number of carboxylic acids is 1. The molecule has 1 fully saturated rings. The number of aliphatic hydroxyl groups excluding tert-OH is 2. The molecule has 1 aliphatic rings. The second-order valence-corrected chi connectivity index (χ2v) is 21.3. The normalized spacial score (nSPS) is 18.5. The van der Waals surface area contributed by atoms with Crippen LogP contribution in [0.1, 0.15) is 226 Å². The first-order chi connectivity index (χ1) is 41.6. The Labute approximate surface area is 514 Å². The number of carbonyl (C=O) groups excluding carboxylic acids is 3. The summed E-state index contributed by atoms with van der Waals surface area (Å²) in [6, 6.07) is 0. The molecule has 6 unspecified atom stereocenters. The molecule has 12 nitrogen and oxygen atoms in total. The standard InChI is InChI=1S/C73H112O12/c1-4-7-10-13-16-19-22-25-28-31-33-36-38-41-44-47-50-53-56-59-65(74)81-62-64(83-66(75)60-57-54-51-48-45-42-39-35-30-27-24-21-18-15-12-9-6-3)63-82-73-71(69(78)68(77)70(85-73)72(79)80)84-67(76)61-58-55-52-49-46-43-40-37-34-32-29-26-23-20-17-14-11-8-5-2/h8-9,11-12,16-21,25-30,33-34,36-37,39,42-43,46,48,51,64,68-71,73,77-78H,4-7,10,13-15,22-24,31-32,35,38,40-41,44-45,47,49-50,52-63H2,1-3H3,(H,79,80)/b11-8-,12-9-,19-16-,20-17-,21-18-,28-25-,29-26-,30-27-,36-33-,37-34-,42-39-,46-43-,51-48-. The van der Waals surface area contributed by atoms with E-state index in [2.05, 4.69) is 167 Å². The van der Waals surface area contributed by atoms with Crippen molar-refractivity contribution in [1.29, 1.82) is 0 Å². The topological polar surface area (TPSA) is 175 Å². The molecule has 0 aromatic carbocycles. The van der Waals surface area contributed by atoms with E-state index in [9.17, 15) is 34.5 Å². The number of allylic oxidation sites excluding steroid dienone is 26. The number of rotatable bonds is 53. The SMILES string of the molecule is CC/C=C\C/C=C\C/C=C\C/C=C\C/C=C\CCCCCC(=O)OC1C(OCC(COC(=O)CCCCCCCC/C=C\C/C=C\C/C=C\CCCCC)OC(=O)CCC/C=C\C/C=C\C/C=C\C/C=C\C/C=C\CC)OC(C(=O)O)C(O)C1O. The predicted octanol–water partition coefficient (Wildman–Crippen LogP) is 17.7. The maximum Gasteiger partial charge on any atom is 0.335 e. The summed E-state index contributed by atoms with van der Waals surface area (Å²) in [7, 11) is 0. The summed E-state index contributed by atoms with van der Waals surface area (Å²) in [5, 5.41) is 31.6. The van der Waals surface area contributed by atoms with Crippen LogP contribution in [-0.4, -0.2) is 89.2 Å². The van der Waals surface area contributed by atoms with Gasteiger partial charge in [-0.25, -0.2) is 4.79 Å². The van der Waals surface area contributed by atoms with Crippen LogP contribution >= 0.6 is 0 Å². The highest BCUT2D eigenvalue weighted by molar-refractivity contribution is 5.74. The van der Waals surface area contributed by atoms with Gasteiger partial charge in [0.15, 0.2) is 24.6 Å². The smallest absolute Gasteiger partial charge is 0.335 e. The Kier molecular flexibility index (Phi) is 53.4. The van der Waals surface area contributed by atoms with E-state index >= 15 is 0 Å². The van der Waals surface area contributed by atoms with Gasteiger partial charge < -0.3 is 39.0 Å². The molecule has 0 spiro atoms. The molecule has 0 aromatic rings. The second kappa shape index (κ2) is 58.7. The number of hydrogen-bond acceptors (Lipinski definition) is 11. The Bertz CT molecular complexity index is 2080. The van der Waals surface area contributed by atoms with Gasteiger partial charge in [-0.3, -0.25) is 14.4 Å². The Morgan fingerprint density at radius 1 is 0.400 bits per heavy atom. The first kappa shape index (κ1) is 77.4. The third-order valence-corrected chi connectivity index (χ3v) is 13.6. The molecule has 1 saturated heterocycles. The maximum atomic E-state index is 13.2. The van der Waals surface area contributed by atoms with Gasteiger partial charge in [0.25, 0.3) is 0 Å². The van der Waals surface area contributed by atoms with E-state index in [1.54, 1.807) is 0 Å². The highest BCUT2D eigenvalue weighted by Gasteiger charge is 2.50. The summed E-state index contributed by atoms with van der Waals surface area (Å²) in [4.78, 5) is 51.3. The van der Waals surface area contributed by atoms with E-state index in [0.29, 0.717) is 25.7 Å². The van der Waals surface area contributed by atoms with Crippen LogP contribution < -0.4 is 0 Å². The van der Waals surface area contributed by atoms with E-state index in [0.717, 1.165) is 135 Å². The van der Waals surface area contributed by atoms with E-state index < -0.39 is 67.3 Å². The van der Waals surface area contributed by atoms with Crippen molar-refractivity contribution >= 4 is 23.9 Å². The highest BCUT2D eigenvalue weighted by atomic mass is 16.7. The predicted molar refractivity (Wildman–Crippen MR) is 349 cm³/mol. The van der Waals surface area contributed by atoms with E-state index in [1.807, 2.05) is 12.2 Å². The van der Waals surface area contributed by atoms with E-state index in [1.165, 1.54) is 25.7 Å². The Balaban J connectivity index is 2.74. The van der Waals surface area contributed by atoms with Gasteiger partial charge in [0, 0.05) is 19.3 Å². The Morgan fingerprint density at radius 2 is 0.753 bits per heavy atom. The van der Waals surface area contributed by atoms with Crippen LogP contribution in [0.4, 0.5) is 0 Å². The van der Waals surface area contributed by atoms with Gasteiger partial charge in [-0.2, -0.15) is 0 Å². The minimum atomic E-state index is -1.94. The zero-order chi connectivity index (χ0) is 61.7. The molecule has 1 aliphatic heterocycles. The second-order valence-electron chi connectivity index (χ2n) is 21.3. The number of hydrogen-bond donors (Lipinski definition) is 3. The lowest BCUT2D eigenvalue weighted by atomic mass is 9.98. The van der Waals surface area contributed by atoms with Crippen LogP contribution in [0, 0.1) is 0 Å². The third-order valence-electron chi connectivity index (χ3n) is 13.6. The van der Waals surface area contributed by atoms with Crippen LogP contribution in [0.5, 0.6) is 0 Å². The number of aliphatic carboxylic acids is 1. The van der Waals surface area contributed by atoms with Gasteiger partial charge in [-0.05, 0) is 141 Å². The minimum Gasteiger partial charge on any atom is -0.479 e. The summed E-state index contributed by atoms with van der Waals surface area (Å²) in [5.41, 5.74) is 0. The van der Waals surface area contributed by atoms with E-state index in [4.69, 9.17) is 23.7 Å². The fraction of sp³-hybridized carbons (Fsp3) is 0.589. The lowest BCUT2D eigenvalue weighted by Crippen LogP contribution is -2.61. The van der Waals surface area contributed by atoms with Gasteiger partial charge in [0.1, 0.15) is 18.8 Å². The minimum absolute atomic E-state index is 0.00368. The van der Waals surface area contributed by atoms with Gasteiger partial charge in [-0.1, -0.05) is 224 Å². The fourth-order valence-corrected chi connectivity index (χ4v) is 8.67. The lowest BCUT2D eigenvalue weighted by molar-refractivity contribution is -0.301. The van der Waals surface area contributed by atoms with Crippen LogP contribution in [0.25, 0.3) is 0 Å². The van der Waals surface area contributed by atoms with Crippen molar-refractivity contribution in [2.24, 2.45) is 0 Å². The summed E-state index contributed by atoms with van der Waals surface area (Å²) in [6.45, 7) is 5.67. The van der Waals surface area contributed by atoms with Gasteiger partial charge in [0.05, 0.1) is 6.61 Å². The van der Waals surface area contributed by atoms with Gasteiger partial charge in [-0.15, -0.1) is 0 Å². The Morgan fingerprint density at radius 3 is 1.18 bits per heavy atom. The molecule has 0 bridgehead atoms. The maximum absolute atomic E-state index is 13.2. The number of aliphatic hydroxyl groups is 2. The number of carboxylic acid groups (broad SMARTS) is 1. The molecular formula is C73H112O12. The van der Waals surface area contributed by atoms with Crippen LogP contribution in [0.15, 0.2) is 158 Å². The molecule has 0 radical (unpaired) electrons. The Hall–Kier alpha value is -5.66. The summed E-state index contributed by atoms with van der Waals surface area (Å²) in [6.07, 6.45) is 73.4.